The Labute approximate surface area is 216 Å². The van der Waals surface area contributed by atoms with Gasteiger partial charge >= 0.3 is 0 Å². The number of fused-ring (bicyclic) bond motifs is 7. The van der Waals surface area contributed by atoms with Gasteiger partial charge in [-0.1, -0.05) is 34.1 Å². The maximum Gasteiger partial charge on any atom is 0.106 e. The molecule has 0 amide bonds. The van der Waals surface area contributed by atoms with Crippen molar-refractivity contribution in [3.05, 3.63) is 0 Å². The smallest absolute Gasteiger partial charge is 0.106 e. The minimum Gasteiger partial charge on any atom is -0.378 e. The Kier molecular flexibility index (Phi) is 9.01. The number of nitrogens with zero attached hydrogens (tertiary/aromatic N) is 1. The third-order valence-electron chi connectivity index (χ3n) is 12.9. The van der Waals surface area contributed by atoms with Gasteiger partial charge < -0.3 is 20.3 Å². The van der Waals surface area contributed by atoms with Crippen molar-refractivity contribution in [3.63, 3.8) is 0 Å². The van der Waals surface area contributed by atoms with Crippen LogP contribution in [0.25, 0.3) is 0 Å². The summed E-state index contributed by atoms with van der Waals surface area (Å²) in [5, 5.41) is 0. The average molecular weight is 489 g/mol. The van der Waals surface area contributed by atoms with Gasteiger partial charge in [-0.2, -0.15) is 0 Å². The van der Waals surface area contributed by atoms with Gasteiger partial charge in [-0.15, -0.1) is 0 Å². The molecule has 5 aliphatic carbocycles. The number of hydrogen-bond acceptors (Lipinski definition) is 4. The van der Waals surface area contributed by atoms with E-state index < -0.39 is 0 Å². The summed E-state index contributed by atoms with van der Waals surface area (Å²) in [6.45, 7) is 19.9. The zero-order chi connectivity index (χ0) is 26.1. The van der Waals surface area contributed by atoms with E-state index in [0.717, 1.165) is 42.7 Å². The van der Waals surface area contributed by atoms with Crippen LogP contribution in [0, 0.1) is 51.2 Å². The van der Waals surface area contributed by atoms with E-state index in [9.17, 15) is 0 Å². The molecule has 35 heavy (non-hydrogen) atoms. The van der Waals surface area contributed by atoms with Gasteiger partial charge in [-0.25, -0.2) is 0 Å². The molecule has 4 nitrogen and oxygen atoms in total. The van der Waals surface area contributed by atoms with E-state index in [1.165, 1.54) is 70.6 Å². The van der Waals surface area contributed by atoms with Gasteiger partial charge in [-0.05, 0) is 136 Å². The molecule has 0 heterocycles. The Bertz CT molecular complexity index is 729. The van der Waals surface area contributed by atoms with Crippen LogP contribution in [-0.2, 0) is 9.53 Å². The predicted molar refractivity (Wildman–Crippen MR) is 148 cm³/mol. The number of hydrogen-bond donors (Lipinski definition) is 1. The highest BCUT2D eigenvalue weighted by Crippen LogP contribution is 2.75. The van der Waals surface area contributed by atoms with Crippen LogP contribution in [0.2, 0.25) is 0 Å². The lowest BCUT2D eigenvalue weighted by Gasteiger charge is -2.72. The number of ether oxygens (including phenoxy) is 1. The van der Waals surface area contributed by atoms with E-state index in [-0.39, 0.29) is 0 Å². The lowest BCUT2D eigenvalue weighted by atomic mass is 9.33. The summed E-state index contributed by atoms with van der Waals surface area (Å²) in [7, 11) is 1.64. The third kappa shape index (κ3) is 4.27. The SMILES string of the molecule is C=NC.C=O.CCOC1CCC2(C)C(CCC3(C)C2CCC2C4CCCC4(CN)CC[C@]23C)C1C. The second-order valence-corrected chi connectivity index (χ2v) is 13.5. The van der Waals surface area contributed by atoms with Crippen LogP contribution in [-0.4, -0.2) is 39.8 Å². The minimum atomic E-state index is 0.499. The number of rotatable bonds is 3. The molecule has 2 N–H and O–H groups in total. The maximum atomic E-state index is 8.00. The van der Waals surface area contributed by atoms with Crippen molar-refractivity contribution in [2.24, 2.45) is 62.0 Å². The maximum absolute atomic E-state index is 8.00. The fourth-order valence-corrected chi connectivity index (χ4v) is 11.1. The zero-order valence-electron chi connectivity index (χ0n) is 23.9. The molecular formula is C31H56N2O2. The highest BCUT2D eigenvalue weighted by Gasteiger charge is 2.68. The minimum absolute atomic E-state index is 0.499. The molecule has 0 radical (unpaired) electrons. The van der Waals surface area contributed by atoms with Gasteiger partial charge in [0.25, 0.3) is 0 Å². The van der Waals surface area contributed by atoms with E-state index in [0.29, 0.717) is 27.8 Å². The van der Waals surface area contributed by atoms with E-state index in [2.05, 4.69) is 46.3 Å². The van der Waals surface area contributed by atoms with Crippen molar-refractivity contribution >= 4 is 13.5 Å². The molecule has 202 valence electrons. The summed E-state index contributed by atoms with van der Waals surface area (Å²) in [5.41, 5.74) is 8.52. The molecule has 0 bridgehead atoms. The Morgan fingerprint density at radius 3 is 2.20 bits per heavy atom. The summed E-state index contributed by atoms with van der Waals surface area (Å²) >= 11 is 0. The van der Waals surface area contributed by atoms with Crippen molar-refractivity contribution in [1.82, 2.24) is 0 Å². The largest absolute Gasteiger partial charge is 0.378 e. The molecule has 5 saturated carbocycles. The number of nitrogens with two attached hydrogens (primary N) is 1. The molecule has 5 rings (SSSR count). The van der Waals surface area contributed by atoms with Crippen LogP contribution in [0.15, 0.2) is 4.99 Å². The van der Waals surface area contributed by atoms with Crippen molar-refractivity contribution in [3.8, 4) is 0 Å². The molecule has 5 aliphatic rings. The lowest BCUT2D eigenvalue weighted by Crippen LogP contribution is -2.65. The van der Waals surface area contributed by atoms with Crippen LogP contribution in [0.4, 0.5) is 0 Å². The lowest BCUT2D eigenvalue weighted by molar-refractivity contribution is -0.234. The number of carbonyl (C=O) groups excluding carboxylic acids is 1. The molecule has 0 spiro atoms. The van der Waals surface area contributed by atoms with Crippen LogP contribution >= 0.6 is 0 Å². The van der Waals surface area contributed by atoms with Crippen LogP contribution in [0.3, 0.4) is 0 Å². The highest BCUT2D eigenvalue weighted by molar-refractivity contribution is 5.22. The summed E-state index contributed by atoms with van der Waals surface area (Å²) in [6.07, 6.45) is 16.2. The first-order valence-electron chi connectivity index (χ1n) is 14.6. The molecule has 0 aromatic carbocycles. The Morgan fingerprint density at radius 1 is 0.886 bits per heavy atom. The first-order chi connectivity index (χ1) is 16.7. The monoisotopic (exact) mass is 488 g/mol. The van der Waals surface area contributed by atoms with Gasteiger partial charge in [0.2, 0.25) is 0 Å². The summed E-state index contributed by atoms with van der Waals surface area (Å²) in [6, 6.07) is 0. The van der Waals surface area contributed by atoms with Crippen molar-refractivity contribution in [2.45, 2.75) is 111 Å². The van der Waals surface area contributed by atoms with Gasteiger partial charge in [0.15, 0.2) is 0 Å². The molecular weight excluding hydrogens is 432 g/mol. The summed E-state index contributed by atoms with van der Waals surface area (Å²) in [4.78, 5) is 11.2. The summed E-state index contributed by atoms with van der Waals surface area (Å²) in [5.74, 6) is 4.33. The molecule has 0 aromatic heterocycles. The van der Waals surface area contributed by atoms with E-state index in [1.54, 1.807) is 7.05 Å². The zero-order valence-corrected chi connectivity index (χ0v) is 23.9. The van der Waals surface area contributed by atoms with E-state index >= 15 is 0 Å². The van der Waals surface area contributed by atoms with E-state index in [4.69, 9.17) is 15.3 Å². The molecule has 0 saturated heterocycles. The first kappa shape index (κ1) is 28.8. The fourth-order valence-electron chi connectivity index (χ4n) is 11.1. The first-order valence-corrected chi connectivity index (χ1v) is 14.6. The van der Waals surface area contributed by atoms with Gasteiger partial charge in [-0.3, -0.25) is 0 Å². The average Bonchev–Trinajstić information content (AvgIpc) is 3.28. The molecule has 9 unspecified atom stereocenters. The quantitative estimate of drug-likeness (QED) is 0.437. The third-order valence-corrected chi connectivity index (χ3v) is 12.9. The molecule has 5 fully saturated rings. The summed E-state index contributed by atoms with van der Waals surface area (Å²) < 4.78 is 6.21. The molecule has 0 aliphatic heterocycles. The number of carbonyl (C=O) groups is 1. The number of aliphatic imine (C=N–C) groups is 1. The Morgan fingerprint density at radius 2 is 1.57 bits per heavy atom. The van der Waals surface area contributed by atoms with Crippen LogP contribution in [0.5, 0.6) is 0 Å². The topological polar surface area (TPSA) is 64.7 Å². The highest BCUT2D eigenvalue weighted by atomic mass is 16.5. The van der Waals surface area contributed by atoms with Gasteiger partial charge in [0.1, 0.15) is 6.79 Å². The van der Waals surface area contributed by atoms with Crippen molar-refractivity contribution < 1.29 is 9.53 Å². The second kappa shape index (κ2) is 10.9. The second-order valence-electron chi connectivity index (χ2n) is 13.5. The predicted octanol–water partition coefficient (Wildman–Crippen LogP) is 6.95. The molecule has 4 heteroatoms. The normalized spacial score (nSPS) is 50.0. The van der Waals surface area contributed by atoms with Crippen molar-refractivity contribution in [2.75, 3.05) is 20.2 Å². The van der Waals surface area contributed by atoms with E-state index in [1.807, 2.05) is 6.79 Å². The fraction of sp³-hybridized carbons (Fsp3) is 0.935. The molecule has 0 aromatic rings. The Balaban J connectivity index is 0.000000638. The van der Waals surface area contributed by atoms with Crippen molar-refractivity contribution in [1.29, 1.82) is 0 Å². The van der Waals surface area contributed by atoms with Gasteiger partial charge in [0, 0.05) is 13.7 Å². The molecule has 10 atom stereocenters. The Hall–Kier alpha value is -0.740. The van der Waals surface area contributed by atoms with Gasteiger partial charge in [0.05, 0.1) is 6.10 Å². The van der Waals surface area contributed by atoms with Crippen LogP contribution in [0.1, 0.15) is 105 Å². The standard InChI is InChI=1S/C28H49NO.C2H5N.CH2O/c1-6-30-23-12-14-25(3)20(19(23)2)11-15-27(5)24(25)10-9-21-22-8-7-13-28(22,18-29)17-16-26(21,27)4;1-3-2;1-2/h19-24H,6-18,29H2,1-5H3;1H2,2H3;1H2/t19?,20?,21?,22?,23?,24?,25?,26-,27?,28?;;/m1../s1. The van der Waals surface area contributed by atoms with Crippen LogP contribution < -0.4 is 5.73 Å².